The van der Waals surface area contributed by atoms with E-state index in [4.69, 9.17) is 9.72 Å². The summed E-state index contributed by atoms with van der Waals surface area (Å²) in [5, 5.41) is 0.926. The molecule has 0 saturated carbocycles. The molecule has 0 spiro atoms. The summed E-state index contributed by atoms with van der Waals surface area (Å²) in [6.45, 7) is 2.45. The van der Waals surface area contributed by atoms with Gasteiger partial charge in [-0.1, -0.05) is 11.3 Å². The van der Waals surface area contributed by atoms with Crippen LogP contribution in [0.5, 0.6) is 5.75 Å². The minimum absolute atomic E-state index is 0.00905. The van der Waals surface area contributed by atoms with Crippen LogP contribution < -0.4 is 20.9 Å². The standard InChI is InChI=1S/C21H23N7O4S/c1-24-18-17(19(30)25(2)21(24)31)28(12-22-18)11-16(29)26-6-8-27(9-7-26)20-23-14-5-4-13(32-3)10-15(14)33-20/h4-5,10,12H,6-9,11H2,1-3H3. The quantitative estimate of drug-likeness (QED) is 0.426. The zero-order valence-corrected chi connectivity index (χ0v) is 19.3. The number of aromatic nitrogens is 5. The first-order valence-corrected chi connectivity index (χ1v) is 11.3. The highest BCUT2D eigenvalue weighted by Gasteiger charge is 2.24. The van der Waals surface area contributed by atoms with E-state index in [2.05, 4.69) is 9.88 Å². The van der Waals surface area contributed by atoms with E-state index in [-0.39, 0.29) is 23.6 Å². The number of aryl methyl sites for hydroxylation is 1. The third-order valence-electron chi connectivity index (χ3n) is 6.01. The maximum absolute atomic E-state index is 13.0. The Morgan fingerprint density at radius 1 is 1.12 bits per heavy atom. The normalized spacial score (nSPS) is 14.4. The number of carbonyl (C=O) groups is 1. The Morgan fingerprint density at radius 2 is 1.88 bits per heavy atom. The molecule has 4 aromatic rings. The number of nitrogens with zero attached hydrogens (tertiary/aromatic N) is 7. The van der Waals surface area contributed by atoms with Crippen LogP contribution in [0.15, 0.2) is 34.1 Å². The molecule has 1 aliphatic rings. The minimum Gasteiger partial charge on any atom is -0.497 e. The number of imidazole rings is 1. The molecule has 1 fully saturated rings. The fourth-order valence-electron chi connectivity index (χ4n) is 4.06. The molecule has 0 N–H and O–H groups in total. The predicted octanol–water partition coefficient (Wildman–Crippen LogP) is 0.401. The van der Waals surface area contributed by atoms with Gasteiger partial charge in [-0.3, -0.25) is 18.7 Å². The Balaban J connectivity index is 1.30. The number of anilines is 1. The van der Waals surface area contributed by atoms with Gasteiger partial charge in [0.1, 0.15) is 12.3 Å². The summed E-state index contributed by atoms with van der Waals surface area (Å²) in [4.78, 5) is 50.5. The van der Waals surface area contributed by atoms with Crippen LogP contribution in [-0.2, 0) is 25.4 Å². The third-order valence-corrected chi connectivity index (χ3v) is 7.09. The molecule has 0 bridgehead atoms. The van der Waals surface area contributed by atoms with Gasteiger partial charge in [0.25, 0.3) is 5.56 Å². The summed E-state index contributed by atoms with van der Waals surface area (Å²) < 4.78 is 10.2. The fourth-order valence-corrected chi connectivity index (χ4v) is 5.11. The Labute approximate surface area is 192 Å². The van der Waals surface area contributed by atoms with Gasteiger partial charge in [-0.25, -0.2) is 14.8 Å². The van der Waals surface area contributed by atoms with Crippen LogP contribution in [0.25, 0.3) is 21.4 Å². The van der Waals surface area contributed by atoms with E-state index in [1.165, 1.54) is 22.5 Å². The first-order chi connectivity index (χ1) is 15.9. The van der Waals surface area contributed by atoms with Crippen molar-refractivity contribution in [1.29, 1.82) is 0 Å². The topological polar surface area (TPSA) is 107 Å². The minimum atomic E-state index is -0.462. The van der Waals surface area contributed by atoms with Crippen molar-refractivity contribution in [3.8, 4) is 5.75 Å². The molecule has 1 amide bonds. The van der Waals surface area contributed by atoms with E-state index >= 15 is 0 Å². The van der Waals surface area contributed by atoms with Gasteiger partial charge in [-0.2, -0.15) is 0 Å². The molecule has 1 aromatic carbocycles. The Kier molecular flexibility index (Phi) is 5.16. The van der Waals surface area contributed by atoms with Gasteiger partial charge in [0, 0.05) is 40.3 Å². The summed E-state index contributed by atoms with van der Waals surface area (Å²) in [6, 6.07) is 5.82. The Hall–Kier alpha value is -3.67. The van der Waals surface area contributed by atoms with Crippen molar-refractivity contribution < 1.29 is 9.53 Å². The second-order valence-corrected chi connectivity index (χ2v) is 8.96. The second kappa shape index (κ2) is 8.03. The van der Waals surface area contributed by atoms with Crippen molar-refractivity contribution in [2.45, 2.75) is 6.54 Å². The van der Waals surface area contributed by atoms with Crippen LogP contribution in [0.3, 0.4) is 0 Å². The highest BCUT2D eigenvalue weighted by molar-refractivity contribution is 7.22. The number of ether oxygens (including phenoxy) is 1. The summed E-state index contributed by atoms with van der Waals surface area (Å²) >= 11 is 1.61. The van der Waals surface area contributed by atoms with Gasteiger partial charge in [0.05, 0.1) is 23.7 Å². The van der Waals surface area contributed by atoms with E-state index in [0.717, 1.165) is 25.7 Å². The molecule has 11 nitrogen and oxygen atoms in total. The van der Waals surface area contributed by atoms with E-state index in [9.17, 15) is 14.4 Å². The monoisotopic (exact) mass is 469 g/mol. The van der Waals surface area contributed by atoms with Crippen LogP contribution in [0.1, 0.15) is 0 Å². The Bertz CT molecular complexity index is 1490. The van der Waals surface area contributed by atoms with E-state index in [1.54, 1.807) is 30.4 Å². The first kappa shape index (κ1) is 21.2. The lowest BCUT2D eigenvalue weighted by Crippen LogP contribution is -2.49. The van der Waals surface area contributed by atoms with Gasteiger partial charge < -0.3 is 19.1 Å². The van der Waals surface area contributed by atoms with Crippen molar-refractivity contribution in [3.63, 3.8) is 0 Å². The lowest BCUT2D eigenvalue weighted by Gasteiger charge is -2.34. The van der Waals surface area contributed by atoms with Crippen LogP contribution in [0.4, 0.5) is 5.13 Å². The molecular formula is C21H23N7O4S. The zero-order valence-electron chi connectivity index (χ0n) is 18.5. The van der Waals surface area contributed by atoms with Gasteiger partial charge in [0.2, 0.25) is 5.91 Å². The third kappa shape index (κ3) is 3.55. The molecule has 0 aliphatic carbocycles. The van der Waals surface area contributed by atoms with Crippen molar-refractivity contribution >= 4 is 43.8 Å². The zero-order chi connectivity index (χ0) is 23.3. The molecule has 0 unspecified atom stereocenters. The number of fused-ring (bicyclic) bond motifs is 2. The van der Waals surface area contributed by atoms with Crippen molar-refractivity contribution in [2.75, 3.05) is 38.2 Å². The second-order valence-electron chi connectivity index (χ2n) is 7.95. The predicted molar refractivity (Wildman–Crippen MR) is 125 cm³/mol. The molecule has 0 atom stereocenters. The number of amides is 1. The highest BCUT2D eigenvalue weighted by atomic mass is 32.1. The van der Waals surface area contributed by atoms with E-state index in [1.807, 2.05) is 18.2 Å². The van der Waals surface area contributed by atoms with Crippen molar-refractivity contribution in [3.05, 3.63) is 45.4 Å². The lowest BCUT2D eigenvalue weighted by atomic mass is 10.3. The molecule has 172 valence electrons. The summed E-state index contributed by atoms with van der Waals surface area (Å²) in [7, 11) is 4.62. The molecule has 4 heterocycles. The number of thiazole rings is 1. The van der Waals surface area contributed by atoms with Gasteiger partial charge in [0.15, 0.2) is 16.3 Å². The highest BCUT2D eigenvalue weighted by Crippen LogP contribution is 2.31. The van der Waals surface area contributed by atoms with Gasteiger partial charge in [-0.15, -0.1) is 0 Å². The number of hydrogen-bond donors (Lipinski definition) is 0. The molecule has 1 saturated heterocycles. The maximum atomic E-state index is 13.0. The van der Waals surface area contributed by atoms with Crippen molar-refractivity contribution in [1.82, 2.24) is 28.6 Å². The molecule has 0 radical (unpaired) electrons. The van der Waals surface area contributed by atoms with Crippen LogP contribution in [0, 0.1) is 0 Å². The smallest absolute Gasteiger partial charge is 0.332 e. The van der Waals surface area contributed by atoms with E-state index < -0.39 is 11.2 Å². The number of rotatable bonds is 4. The average Bonchev–Trinajstić information content (AvgIpc) is 3.45. The molecule has 5 rings (SSSR count). The lowest BCUT2D eigenvalue weighted by molar-refractivity contribution is -0.132. The first-order valence-electron chi connectivity index (χ1n) is 10.5. The van der Waals surface area contributed by atoms with E-state index in [0.29, 0.717) is 26.2 Å². The van der Waals surface area contributed by atoms with Crippen LogP contribution in [-0.4, -0.2) is 67.8 Å². The number of methoxy groups -OCH3 is 1. The molecule has 3 aromatic heterocycles. The fraction of sp³-hybridized carbons (Fsp3) is 0.381. The molecular weight excluding hydrogens is 446 g/mol. The summed E-state index contributed by atoms with van der Waals surface area (Å²) in [5.41, 5.74) is 0.533. The SMILES string of the molecule is COc1ccc2nc(N3CCN(C(=O)Cn4cnc5c4c(=O)n(C)c(=O)n5C)CC3)sc2c1. The van der Waals surface area contributed by atoms with Crippen LogP contribution in [0.2, 0.25) is 0 Å². The molecule has 1 aliphatic heterocycles. The molecule has 12 heteroatoms. The number of hydrogen-bond acceptors (Lipinski definition) is 8. The number of piperazine rings is 1. The molecule has 33 heavy (non-hydrogen) atoms. The van der Waals surface area contributed by atoms with Crippen LogP contribution >= 0.6 is 11.3 Å². The maximum Gasteiger partial charge on any atom is 0.332 e. The summed E-state index contributed by atoms with van der Waals surface area (Å²) in [5.74, 6) is 0.703. The largest absolute Gasteiger partial charge is 0.497 e. The average molecular weight is 470 g/mol. The number of carbonyl (C=O) groups excluding carboxylic acids is 1. The summed E-state index contributed by atoms with van der Waals surface area (Å²) in [6.07, 6.45) is 1.44. The van der Waals surface area contributed by atoms with Gasteiger partial charge in [-0.05, 0) is 18.2 Å². The van der Waals surface area contributed by atoms with Crippen molar-refractivity contribution in [2.24, 2.45) is 14.1 Å². The van der Waals surface area contributed by atoms with Gasteiger partial charge >= 0.3 is 5.69 Å². The Morgan fingerprint density at radius 3 is 2.61 bits per heavy atom. The number of benzene rings is 1.